The van der Waals surface area contributed by atoms with Gasteiger partial charge in [0.1, 0.15) is 5.75 Å². The van der Waals surface area contributed by atoms with E-state index in [2.05, 4.69) is 17.1 Å². The van der Waals surface area contributed by atoms with Crippen molar-refractivity contribution in [2.75, 3.05) is 0 Å². The average molecular weight is 261 g/mol. The van der Waals surface area contributed by atoms with Crippen LogP contribution in [0.25, 0.3) is 0 Å². The fourth-order valence-electron chi connectivity index (χ4n) is 1.68. The topological polar surface area (TPSA) is 74.2 Å². The Morgan fingerprint density at radius 3 is 2.58 bits per heavy atom. The van der Waals surface area contributed by atoms with Crippen molar-refractivity contribution in [2.24, 2.45) is 5.73 Å². The summed E-state index contributed by atoms with van der Waals surface area (Å²) in [5, 5.41) is 3.81. The van der Waals surface area contributed by atoms with E-state index in [1.807, 2.05) is 31.2 Å². The molecule has 1 unspecified atom stereocenters. The first kappa shape index (κ1) is 13.5. The second-order valence-corrected chi connectivity index (χ2v) is 4.33. The molecule has 0 fully saturated rings. The van der Waals surface area contributed by atoms with Crippen LogP contribution in [-0.4, -0.2) is 10.1 Å². The van der Waals surface area contributed by atoms with Crippen LogP contribution in [0.15, 0.2) is 28.8 Å². The summed E-state index contributed by atoms with van der Waals surface area (Å²) < 4.78 is 10.6. The molecule has 5 nitrogen and oxygen atoms in total. The largest absolute Gasteiger partial charge is 0.484 e. The maximum atomic E-state index is 5.95. The van der Waals surface area contributed by atoms with Crippen molar-refractivity contribution in [2.45, 2.75) is 39.3 Å². The van der Waals surface area contributed by atoms with Crippen molar-refractivity contribution >= 4 is 0 Å². The summed E-state index contributed by atoms with van der Waals surface area (Å²) in [5.41, 5.74) is 7.07. The van der Waals surface area contributed by atoms with E-state index in [-0.39, 0.29) is 12.6 Å². The first-order valence-electron chi connectivity index (χ1n) is 6.52. The number of nitrogens with two attached hydrogens (primary N) is 1. The van der Waals surface area contributed by atoms with Gasteiger partial charge < -0.3 is 15.0 Å². The number of nitrogens with zero attached hydrogens (tertiary/aromatic N) is 2. The molecule has 5 heteroatoms. The lowest BCUT2D eigenvalue weighted by Gasteiger charge is -2.10. The Balaban J connectivity index is 1.92. The highest BCUT2D eigenvalue weighted by Gasteiger charge is 2.06. The van der Waals surface area contributed by atoms with Crippen LogP contribution in [0, 0.1) is 0 Å². The Morgan fingerprint density at radius 2 is 2.00 bits per heavy atom. The van der Waals surface area contributed by atoms with Gasteiger partial charge in [0.15, 0.2) is 12.4 Å². The molecule has 0 amide bonds. The highest BCUT2D eigenvalue weighted by atomic mass is 16.5. The summed E-state index contributed by atoms with van der Waals surface area (Å²) in [6.07, 6.45) is 1.68. The van der Waals surface area contributed by atoms with Crippen molar-refractivity contribution < 1.29 is 9.26 Å². The van der Waals surface area contributed by atoms with Gasteiger partial charge in [-0.15, -0.1) is 0 Å². The molecule has 0 aliphatic rings. The van der Waals surface area contributed by atoms with Gasteiger partial charge in [-0.3, -0.25) is 0 Å². The quantitative estimate of drug-likeness (QED) is 0.865. The minimum atomic E-state index is 0.0807. The molecule has 0 spiro atoms. The van der Waals surface area contributed by atoms with Crippen LogP contribution in [0.2, 0.25) is 0 Å². The predicted molar refractivity (Wildman–Crippen MR) is 71.7 cm³/mol. The number of hydrogen-bond donors (Lipinski definition) is 1. The molecule has 2 rings (SSSR count). The zero-order valence-corrected chi connectivity index (χ0v) is 11.3. The molecule has 0 radical (unpaired) electrons. The van der Waals surface area contributed by atoms with Gasteiger partial charge in [-0.05, 0) is 24.1 Å². The van der Waals surface area contributed by atoms with Gasteiger partial charge >= 0.3 is 0 Å². The third kappa shape index (κ3) is 3.54. The molecule has 2 N–H and O–H groups in total. The number of aryl methyl sites for hydroxylation is 1. The molecule has 0 saturated carbocycles. The molecule has 1 atom stereocenters. The second-order valence-electron chi connectivity index (χ2n) is 4.33. The van der Waals surface area contributed by atoms with E-state index >= 15 is 0 Å². The van der Waals surface area contributed by atoms with Crippen LogP contribution in [0.1, 0.15) is 43.6 Å². The molecule has 1 aromatic heterocycles. The summed E-state index contributed by atoms with van der Waals surface area (Å²) in [4.78, 5) is 4.18. The lowest BCUT2D eigenvalue weighted by molar-refractivity contribution is 0.242. The van der Waals surface area contributed by atoms with Crippen LogP contribution < -0.4 is 10.5 Å². The minimum Gasteiger partial charge on any atom is -0.484 e. The molecule has 0 bridgehead atoms. The Hall–Kier alpha value is -1.88. The fraction of sp³-hybridized carbons (Fsp3) is 0.429. The van der Waals surface area contributed by atoms with E-state index in [1.54, 1.807) is 0 Å². The summed E-state index contributed by atoms with van der Waals surface area (Å²) in [6, 6.07) is 7.85. The Bertz CT molecular complexity index is 508. The van der Waals surface area contributed by atoms with E-state index in [0.717, 1.165) is 24.2 Å². The number of benzene rings is 1. The van der Waals surface area contributed by atoms with Crippen LogP contribution in [0.3, 0.4) is 0 Å². The van der Waals surface area contributed by atoms with Crippen LogP contribution in [0.5, 0.6) is 5.75 Å². The summed E-state index contributed by atoms with van der Waals surface area (Å²) in [7, 11) is 0. The zero-order chi connectivity index (χ0) is 13.7. The van der Waals surface area contributed by atoms with Gasteiger partial charge in [-0.2, -0.15) is 4.98 Å². The smallest absolute Gasteiger partial charge is 0.264 e. The Kier molecular flexibility index (Phi) is 4.52. The molecular formula is C14H19N3O2. The van der Waals surface area contributed by atoms with Crippen LogP contribution in [0.4, 0.5) is 0 Å². The number of hydrogen-bond acceptors (Lipinski definition) is 5. The van der Waals surface area contributed by atoms with E-state index < -0.39 is 0 Å². The zero-order valence-electron chi connectivity index (χ0n) is 11.3. The summed E-state index contributed by atoms with van der Waals surface area (Å²) >= 11 is 0. The molecule has 0 saturated heterocycles. The third-order valence-electron chi connectivity index (χ3n) is 2.94. The number of aromatic nitrogens is 2. The van der Waals surface area contributed by atoms with E-state index in [4.69, 9.17) is 15.0 Å². The fourth-order valence-corrected chi connectivity index (χ4v) is 1.68. The standard InChI is InChI=1S/C14H19N3O2/c1-3-12(15)10-5-7-11(8-6-10)18-9-14-16-13(4-2)17-19-14/h5-8,12H,3-4,9,15H2,1-2H3. The SMILES string of the molecule is CCc1noc(COc2ccc(C(N)CC)cc2)n1. The van der Waals surface area contributed by atoms with Gasteiger partial charge in [-0.1, -0.05) is 31.1 Å². The maximum absolute atomic E-state index is 5.95. The van der Waals surface area contributed by atoms with Crippen LogP contribution in [-0.2, 0) is 13.0 Å². The van der Waals surface area contributed by atoms with Crippen LogP contribution >= 0.6 is 0 Å². The number of ether oxygens (including phenoxy) is 1. The number of rotatable bonds is 6. The molecule has 0 aliphatic heterocycles. The van der Waals surface area contributed by atoms with Crippen molar-refractivity contribution in [3.8, 4) is 5.75 Å². The molecular weight excluding hydrogens is 242 g/mol. The van der Waals surface area contributed by atoms with E-state index in [0.29, 0.717) is 11.7 Å². The lowest BCUT2D eigenvalue weighted by atomic mass is 10.1. The predicted octanol–water partition coefficient (Wildman–Crippen LogP) is 2.62. The molecule has 102 valence electrons. The third-order valence-corrected chi connectivity index (χ3v) is 2.94. The van der Waals surface area contributed by atoms with Crippen molar-refractivity contribution in [1.29, 1.82) is 0 Å². The monoisotopic (exact) mass is 261 g/mol. The normalized spacial score (nSPS) is 12.4. The van der Waals surface area contributed by atoms with Gasteiger partial charge in [0.2, 0.25) is 0 Å². The van der Waals surface area contributed by atoms with Gasteiger partial charge in [-0.25, -0.2) is 0 Å². The van der Waals surface area contributed by atoms with Crippen molar-refractivity contribution in [3.05, 3.63) is 41.5 Å². The molecule has 19 heavy (non-hydrogen) atoms. The van der Waals surface area contributed by atoms with Gasteiger partial charge in [0.25, 0.3) is 5.89 Å². The van der Waals surface area contributed by atoms with Gasteiger partial charge in [0.05, 0.1) is 0 Å². The molecule has 1 aromatic carbocycles. The highest BCUT2D eigenvalue weighted by molar-refractivity contribution is 5.29. The average Bonchev–Trinajstić information content (AvgIpc) is 2.93. The molecule has 0 aliphatic carbocycles. The lowest BCUT2D eigenvalue weighted by Crippen LogP contribution is -2.08. The Labute approximate surface area is 112 Å². The van der Waals surface area contributed by atoms with Crippen molar-refractivity contribution in [1.82, 2.24) is 10.1 Å². The van der Waals surface area contributed by atoms with Crippen molar-refractivity contribution in [3.63, 3.8) is 0 Å². The van der Waals surface area contributed by atoms with E-state index in [9.17, 15) is 0 Å². The van der Waals surface area contributed by atoms with E-state index in [1.165, 1.54) is 0 Å². The summed E-state index contributed by atoms with van der Waals surface area (Å²) in [5.74, 6) is 1.96. The highest BCUT2D eigenvalue weighted by Crippen LogP contribution is 2.18. The first-order chi connectivity index (χ1) is 9.22. The maximum Gasteiger partial charge on any atom is 0.264 e. The Morgan fingerprint density at radius 1 is 1.26 bits per heavy atom. The first-order valence-corrected chi connectivity index (χ1v) is 6.52. The molecule has 1 heterocycles. The summed E-state index contributed by atoms with van der Waals surface area (Å²) in [6.45, 7) is 4.33. The minimum absolute atomic E-state index is 0.0807. The molecule has 2 aromatic rings. The van der Waals surface area contributed by atoms with Gasteiger partial charge in [0, 0.05) is 12.5 Å². The second kappa shape index (κ2) is 6.33.